The number of methoxy groups -OCH3 is 1. The van der Waals surface area contributed by atoms with E-state index in [0.29, 0.717) is 19.1 Å². The molecule has 1 heterocycles. The molecule has 0 unspecified atom stereocenters. The molecule has 0 aromatic heterocycles. The molecule has 1 N–H and O–H groups in total. The monoisotopic (exact) mass is 342 g/mol. The lowest BCUT2D eigenvalue weighted by Gasteiger charge is -2.38. The summed E-state index contributed by atoms with van der Waals surface area (Å²) >= 11 is 0. The predicted octanol–water partition coefficient (Wildman–Crippen LogP) is 1.97. The van der Waals surface area contributed by atoms with Crippen molar-refractivity contribution in [2.24, 2.45) is 11.8 Å². The van der Waals surface area contributed by atoms with Crippen molar-refractivity contribution in [3.63, 3.8) is 0 Å². The largest absolute Gasteiger partial charge is 0.396 e. The summed E-state index contributed by atoms with van der Waals surface area (Å²) in [6.07, 6.45) is 0.988. The Morgan fingerprint density at radius 2 is 2.00 bits per heavy atom. The number of nitrogens with zero attached hydrogens (tertiary/aromatic N) is 2. The average Bonchev–Trinajstić information content (AvgIpc) is 2.56. The van der Waals surface area contributed by atoms with Crippen molar-refractivity contribution in [1.29, 1.82) is 0 Å². The zero-order valence-electron chi connectivity index (χ0n) is 14.5. The van der Waals surface area contributed by atoms with Crippen LogP contribution in [0.2, 0.25) is 0 Å². The Bertz CT molecular complexity index is 516. The second-order valence-electron chi connectivity index (χ2n) is 6.85. The van der Waals surface area contributed by atoms with Gasteiger partial charge in [-0.3, -0.25) is 4.90 Å². The number of aliphatic hydroxyl groups is 1. The number of piperidine rings is 1. The number of likely N-dealkylation sites (tertiary alicyclic amines) is 1. The number of halogens is 2. The highest BCUT2D eigenvalue weighted by Gasteiger charge is 2.27. The van der Waals surface area contributed by atoms with Crippen molar-refractivity contribution in [3.8, 4) is 0 Å². The van der Waals surface area contributed by atoms with Gasteiger partial charge in [-0.15, -0.1) is 0 Å². The van der Waals surface area contributed by atoms with Crippen LogP contribution >= 0.6 is 0 Å². The molecule has 1 aromatic carbocycles. The maximum atomic E-state index is 13.4. The fourth-order valence-electron chi connectivity index (χ4n) is 3.49. The molecule has 1 aromatic rings. The van der Waals surface area contributed by atoms with E-state index in [9.17, 15) is 13.9 Å². The molecule has 6 heteroatoms. The topological polar surface area (TPSA) is 35.9 Å². The second-order valence-corrected chi connectivity index (χ2v) is 6.85. The molecule has 0 spiro atoms. The quantitative estimate of drug-likeness (QED) is 0.784. The van der Waals surface area contributed by atoms with Gasteiger partial charge in [0, 0.05) is 46.4 Å². The van der Waals surface area contributed by atoms with Crippen LogP contribution in [0.1, 0.15) is 12.0 Å². The van der Waals surface area contributed by atoms with Crippen LogP contribution in [-0.2, 0) is 11.3 Å². The van der Waals surface area contributed by atoms with Gasteiger partial charge in [-0.25, -0.2) is 8.78 Å². The van der Waals surface area contributed by atoms with Crippen molar-refractivity contribution >= 4 is 0 Å². The molecule has 1 fully saturated rings. The van der Waals surface area contributed by atoms with E-state index in [1.807, 2.05) is 0 Å². The van der Waals surface area contributed by atoms with Crippen LogP contribution in [0.5, 0.6) is 0 Å². The Morgan fingerprint density at radius 1 is 1.25 bits per heavy atom. The first-order valence-corrected chi connectivity index (χ1v) is 8.46. The van der Waals surface area contributed by atoms with E-state index in [2.05, 4.69) is 16.8 Å². The van der Waals surface area contributed by atoms with Crippen LogP contribution in [0.3, 0.4) is 0 Å². The van der Waals surface area contributed by atoms with Crippen LogP contribution in [-0.4, -0.2) is 68.5 Å². The van der Waals surface area contributed by atoms with Gasteiger partial charge in [0.05, 0.1) is 6.61 Å². The highest BCUT2D eigenvalue weighted by atomic mass is 19.2. The number of benzene rings is 1. The Morgan fingerprint density at radius 3 is 2.67 bits per heavy atom. The Labute approximate surface area is 143 Å². The lowest BCUT2D eigenvalue weighted by atomic mass is 9.89. The molecule has 0 aliphatic carbocycles. The zero-order chi connectivity index (χ0) is 17.5. The van der Waals surface area contributed by atoms with Crippen LogP contribution in [0.4, 0.5) is 8.78 Å². The first kappa shape index (κ1) is 19.2. The molecule has 1 saturated heterocycles. The Balaban J connectivity index is 1.94. The molecule has 0 amide bonds. The van der Waals surface area contributed by atoms with E-state index >= 15 is 0 Å². The SMILES string of the molecule is COCCN(C)C[C@H]1C[C@H](CO)CN(Cc2ccc(F)c(F)c2)C1. The van der Waals surface area contributed by atoms with Gasteiger partial charge in [0.15, 0.2) is 11.6 Å². The van der Waals surface area contributed by atoms with E-state index in [0.717, 1.165) is 38.2 Å². The van der Waals surface area contributed by atoms with Crippen molar-refractivity contribution < 1.29 is 18.6 Å². The maximum absolute atomic E-state index is 13.4. The summed E-state index contributed by atoms with van der Waals surface area (Å²) < 4.78 is 31.6. The highest BCUT2D eigenvalue weighted by molar-refractivity contribution is 5.17. The fraction of sp³-hybridized carbons (Fsp3) is 0.667. The molecule has 136 valence electrons. The molecular weight excluding hydrogens is 314 g/mol. The van der Waals surface area contributed by atoms with Crippen LogP contribution < -0.4 is 0 Å². The summed E-state index contributed by atoms with van der Waals surface area (Å²) in [6.45, 7) is 4.93. The lowest BCUT2D eigenvalue weighted by Crippen LogP contribution is -2.45. The zero-order valence-corrected chi connectivity index (χ0v) is 14.5. The van der Waals surface area contributed by atoms with E-state index in [-0.39, 0.29) is 12.5 Å². The minimum atomic E-state index is -0.816. The van der Waals surface area contributed by atoms with Crippen LogP contribution in [0, 0.1) is 23.5 Å². The third kappa shape index (κ3) is 5.77. The lowest BCUT2D eigenvalue weighted by molar-refractivity contribution is 0.0614. The van der Waals surface area contributed by atoms with Gasteiger partial charge in [0.25, 0.3) is 0 Å². The summed E-state index contributed by atoms with van der Waals surface area (Å²) in [5.74, 6) is -0.949. The summed E-state index contributed by atoms with van der Waals surface area (Å²) in [4.78, 5) is 4.47. The molecule has 4 nitrogen and oxygen atoms in total. The summed E-state index contributed by atoms with van der Waals surface area (Å²) in [5.41, 5.74) is 0.763. The minimum Gasteiger partial charge on any atom is -0.396 e. The van der Waals surface area contributed by atoms with E-state index in [4.69, 9.17) is 4.74 Å². The average molecular weight is 342 g/mol. The molecular formula is C18H28F2N2O2. The summed E-state index contributed by atoms with van der Waals surface area (Å²) in [7, 11) is 3.76. The first-order valence-electron chi connectivity index (χ1n) is 8.46. The molecule has 2 atom stereocenters. The van der Waals surface area contributed by atoms with Crippen molar-refractivity contribution in [2.45, 2.75) is 13.0 Å². The molecule has 1 aliphatic heterocycles. The highest BCUT2D eigenvalue weighted by Crippen LogP contribution is 2.24. The molecule has 0 saturated carbocycles. The number of ether oxygens (including phenoxy) is 1. The number of aliphatic hydroxyl groups excluding tert-OH is 1. The molecule has 1 aliphatic rings. The smallest absolute Gasteiger partial charge is 0.159 e. The number of rotatable bonds is 8. The normalized spacial score (nSPS) is 22.2. The van der Waals surface area contributed by atoms with Crippen LogP contribution in [0.25, 0.3) is 0 Å². The molecule has 0 bridgehead atoms. The van der Waals surface area contributed by atoms with Crippen LogP contribution in [0.15, 0.2) is 18.2 Å². The van der Waals surface area contributed by atoms with Gasteiger partial charge < -0.3 is 14.7 Å². The molecule has 24 heavy (non-hydrogen) atoms. The third-order valence-electron chi connectivity index (χ3n) is 4.59. The predicted molar refractivity (Wildman–Crippen MR) is 89.7 cm³/mol. The number of likely N-dealkylation sites (N-methyl/N-ethyl adjacent to an activating group) is 1. The Hall–Kier alpha value is -1.08. The van der Waals surface area contributed by atoms with Crippen molar-refractivity contribution in [1.82, 2.24) is 9.80 Å². The van der Waals surface area contributed by atoms with Gasteiger partial charge in [0.1, 0.15) is 0 Å². The standard InChI is InChI=1S/C18H28F2N2O2/c1-21(5-6-24-2)9-15-7-16(13-23)12-22(11-15)10-14-3-4-17(19)18(20)8-14/h3-4,8,15-16,23H,5-7,9-13H2,1-2H3/t15-,16+/m1/s1. The summed E-state index contributed by atoms with van der Waals surface area (Å²) in [5, 5.41) is 9.58. The van der Waals surface area contributed by atoms with E-state index < -0.39 is 11.6 Å². The first-order chi connectivity index (χ1) is 11.5. The van der Waals surface area contributed by atoms with Crippen molar-refractivity contribution in [2.75, 3.05) is 53.6 Å². The summed E-state index contributed by atoms with van der Waals surface area (Å²) in [6, 6.07) is 4.06. The Kier molecular flexibility index (Phi) is 7.55. The molecule has 2 rings (SSSR count). The third-order valence-corrected chi connectivity index (χ3v) is 4.59. The number of hydrogen-bond acceptors (Lipinski definition) is 4. The second kappa shape index (κ2) is 9.42. The van der Waals surface area contributed by atoms with Gasteiger partial charge in [-0.2, -0.15) is 0 Å². The van der Waals surface area contributed by atoms with Gasteiger partial charge >= 0.3 is 0 Å². The van der Waals surface area contributed by atoms with E-state index in [1.165, 1.54) is 12.1 Å². The van der Waals surface area contributed by atoms with E-state index in [1.54, 1.807) is 13.2 Å². The van der Waals surface area contributed by atoms with Gasteiger partial charge in [-0.1, -0.05) is 6.07 Å². The number of hydrogen-bond donors (Lipinski definition) is 1. The molecule has 0 radical (unpaired) electrons. The van der Waals surface area contributed by atoms with Crippen molar-refractivity contribution in [3.05, 3.63) is 35.4 Å². The fourth-order valence-corrected chi connectivity index (χ4v) is 3.49. The minimum absolute atomic E-state index is 0.159. The van der Waals surface area contributed by atoms with Gasteiger partial charge in [0.2, 0.25) is 0 Å². The maximum Gasteiger partial charge on any atom is 0.159 e. The van der Waals surface area contributed by atoms with Gasteiger partial charge in [-0.05, 0) is 43.0 Å².